The third-order valence-corrected chi connectivity index (χ3v) is 10.8. The Bertz CT molecular complexity index is 1450. The van der Waals surface area contributed by atoms with Crippen molar-refractivity contribution in [1.29, 1.82) is 0 Å². The quantitative estimate of drug-likeness (QED) is 0.357. The van der Waals surface area contributed by atoms with Gasteiger partial charge < -0.3 is 34.8 Å². The van der Waals surface area contributed by atoms with Crippen molar-refractivity contribution < 1.29 is 23.9 Å². The molecule has 3 amide bonds. The Labute approximate surface area is 277 Å². The number of amides is 3. The van der Waals surface area contributed by atoms with Crippen LogP contribution < -0.4 is 15.4 Å². The molecule has 0 aromatic heterocycles. The first-order valence-corrected chi connectivity index (χ1v) is 17.5. The van der Waals surface area contributed by atoms with E-state index in [1.165, 1.54) is 6.42 Å². The van der Waals surface area contributed by atoms with E-state index in [2.05, 4.69) is 27.4 Å². The van der Waals surface area contributed by atoms with Crippen molar-refractivity contribution >= 4 is 23.4 Å². The van der Waals surface area contributed by atoms with Crippen LogP contribution in [0.1, 0.15) is 45.4 Å². The Morgan fingerprint density at radius 1 is 0.894 bits per heavy atom. The average molecular weight is 642 g/mol. The molecule has 4 aliphatic heterocycles. The molecule has 10 heteroatoms. The second-order valence-electron chi connectivity index (χ2n) is 13.6. The number of carbonyl (C=O) groups excluding carboxylic acids is 3. The van der Waals surface area contributed by atoms with Gasteiger partial charge in [0, 0.05) is 44.5 Å². The van der Waals surface area contributed by atoms with Gasteiger partial charge in [-0.05, 0) is 68.8 Å². The zero-order valence-electron chi connectivity index (χ0n) is 27.3. The molecule has 4 heterocycles. The zero-order chi connectivity index (χ0) is 32.4. The largest absolute Gasteiger partial charge is 0.457 e. The van der Waals surface area contributed by atoms with Gasteiger partial charge in [0.05, 0.1) is 17.9 Å². The van der Waals surface area contributed by atoms with Gasteiger partial charge in [-0.2, -0.15) is 0 Å². The highest BCUT2D eigenvalue weighted by atomic mass is 16.5. The number of ether oxygens (including phenoxy) is 2. The number of fused-ring (bicyclic) bond motifs is 1. The monoisotopic (exact) mass is 641 g/mol. The molecule has 10 nitrogen and oxygen atoms in total. The van der Waals surface area contributed by atoms with Crippen molar-refractivity contribution in [2.24, 2.45) is 11.8 Å². The third-order valence-electron chi connectivity index (χ3n) is 10.8. The van der Waals surface area contributed by atoms with Crippen LogP contribution in [-0.2, 0) is 19.1 Å². The Morgan fingerprint density at radius 3 is 2.32 bits per heavy atom. The smallest absolute Gasteiger partial charge is 0.246 e. The summed E-state index contributed by atoms with van der Waals surface area (Å²) >= 11 is 0. The highest BCUT2D eigenvalue weighted by molar-refractivity contribution is 6.02. The number of benzene rings is 2. The molecule has 2 aromatic rings. The molecule has 250 valence electrons. The number of anilines is 1. The van der Waals surface area contributed by atoms with E-state index in [1.807, 2.05) is 42.5 Å². The maximum Gasteiger partial charge on any atom is 0.246 e. The lowest BCUT2D eigenvalue weighted by atomic mass is 9.74. The molecule has 4 fully saturated rings. The maximum absolute atomic E-state index is 14.3. The van der Waals surface area contributed by atoms with Crippen molar-refractivity contribution in [3.05, 3.63) is 66.7 Å². The molecule has 0 radical (unpaired) electrons. The lowest BCUT2D eigenvalue weighted by Gasteiger charge is -2.36. The number of rotatable bonds is 11. The maximum atomic E-state index is 14.3. The molecule has 2 bridgehead atoms. The molecular weight excluding hydrogens is 594 g/mol. The van der Waals surface area contributed by atoms with Gasteiger partial charge in [0.25, 0.3) is 0 Å². The standard InChI is InChI=1S/C37H47N5O5/c1-2-40-22-24-41(25-23-40)20-9-21-42-33(35(44)39-26-10-5-3-6-11-26)37-19-18-30(47-37)31(32(37)36(42)45)34(43)38-27-14-16-29(17-15-27)46-28-12-7-4-8-13-28/h4,7-8,12-19,26,30-33H,2-3,5-6,9-11,20-25H2,1H3,(H,38,43)(H,39,44)/t30-,31+,32-,33-,37-/m0/s1. The number of likely N-dealkylation sites (tertiary alicyclic amines) is 1. The van der Waals surface area contributed by atoms with E-state index < -0.39 is 29.6 Å². The van der Waals surface area contributed by atoms with Crippen molar-refractivity contribution in [3.63, 3.8) is 0 Å². The van der Waals surface area contributed by atoms with Gasteiger partial charge in [0.15, 0.2) is 0 Å². The number of para-hydroxylation sites is 1. The minimum absolute atomic E-state index is 0.106. The highest BCUT2D eigenvalue weighted by Crippen LogP contribution is 2.55. The molecule has 47 heavy (non-hydrogen) atoms. The van der Waals surface area contributed by atoms with Gasteiger partial charge in [0.2, 0.25) is 17.7 Å². The van der Waals surface area contributed by atoms with E-state index in [1.54, 1.807) is 29.2 Å². The molecular formula is C37H47N5O5. The van der Waals surface area contributed by atoms with Gasteiger partial charge >= 0.3 is 0 Å². The summed E-state index contributed by atoms with van der Waals surface area (Å²) in [7, 11) is 0. The molecule has 0 unspecified atom stereocenters. The van der Waals surface area contributed by atoms with Gasteiger partial charge in [-0.15, -0.1) is 0 Å². The fourth-order valence-corrected chi connectivity index (χ4v) is 8.29. The number of piperazine rings is 1. The van der Waals surface area contributed by atoms with Crippen LogP contribution in [-0.4, -0.2) is 102 Å². The summed E-state index contributed by atoms with van der Waals surface area (Å²) in [5, 5.41) is 6.30. The summed E-state index contributed by atoms with van der Waals surface area (Å²) in [6.45, 7) is 8.69. The molecule has 1 spiro atoms. The second-order valence-corrected chi connectivity index (χ2v) is 13.6. The van der Waals surface area contributed by atoms with Gasteiger partial charge in [-0.3, -0.25) is 14.4 Å². The number of hydrogen-bond acceptors (Lipinski definition) is 7. The summed E-state index contributed by atoms with van der Waals surface area (Å²) in [6, 6.07) is 16.0. The minimum Gasteiger partial charge on any atom is -0.457 e. The van der Waals surface area contributed by atoms with Crippen LogP contribution in [0.2, 0.25) is 0 Å². The average Bonchev–Trinajstić information content (AvgIpc) is 3.74. The first kappa shape index (κ1) is 31.8. The fourth-order valence-electron chi connectivity index (χ4n) is 8.29. The SMILES string of the molecule is CCN1CCN(CCCN2C(=O)[C@@H]3[C@H](C(=O)Nc4ccc(Oc5ccccc5)cc4)[C@@H]4C=C[C@@]3(O4)[C@@H]2C(=O)NC2CCCCC2)CC1. The molecule has 7 rings (SSSR count). The Morgan fingerprint density at radius 2 is 1.60 bits per heavy atom. The van der Waals surface area contributed by atoms with Crippen molar-refractivity contribution in [1.82, 2.24) is 20.0 Å². The second kappa shape index (κ2) is 13.8. The fraction of sp³-hybridized carbons (Fsp3) is 0.541. The van der Waals surface area contributed by atoms with Crippen LogP contribution in [0, 0.1) is 11.8 Å². The van der Waals surface area contributed by atoms with Crippen LogP contribution >= 0.6 is 0 Å². The van der Waals surface area contributed by atoms with Crippen molar-refractivity contribution in [2.45, 2.75) is 69.2 Å². The van der Waals surface area contributed by atoms with Gasteiger partial charge in [0.1, 0.15) is 23.1 Å². The van der Waals surface area contributed by atoms with Crippen LogP contribution in [0.5, 0.6) is 11.5 Å². The summed E-state index contributed by atoms with van der Waals surface area (Å²) < 4.78 is 12.4. The van der Waals surface area contributed by atoms with Gasteiger partial charge in [-0.25, -0.2) is 0 Å². The van der Waals surface area contributed by atoms with Crippen LogP contribution in [0.3, 0.4) is 0 Å². The molecule has 2 N–H and O–H groups in total. The van der Waals surface area contributed by atoms with E-state index in [0.29, 0.717) is 18.0 Å². The van der Waals surface area contributed by atoms with E-state index in [4.69, 9.17) is 9.47 Å². The Kier molecular flexibility index (Phi) is 9.34. The zero-order valence-corrected chi connectivity index (χ0v) is 27.3. The first-order valence-electron chi connectivity index (χ1n) is 17.5. The first-order chi connectivity index (χ1) is 22.9. The summed E-state index contributed by atoms with van der Waals surface area (Å²) in [6.07, 6.45) is 9.25. The van der Waals surface area contributed by atoms with Crippen molar-refractivity contribution in [3.8, 4) is 11.5 Å². The predicted octanol–water partition coefficient (Wildman–Crippen LogP) is 4.04. The minimum atomic E-state index is -1.15. The molecule has 1 saturated carbocycles. The van der Waals surface area contributed by atoms with E-state index >= 15 is 0 Å². The lowest BCUT2D eigenvalue weighted by molar-refractivity contribution is -0.141. The van der Waals surface area contributed by atoms with E-state index in [9.17, 15) is 14.4 Å². The van der Waals surface area contributed by atoms with Crippen molar-refractivity contribution in [2.75, 3.05) is 51.1 Å². The summed E-state index contributed by atoms with van der Waals surface area (Å²) in [5.41, 5.74) is -0.545. The molecule has 3 saturated heterocycles. The molecule has 5 atom stereocenters. The topological polar surface area (TPSA) is 103 Å². The Balaban J connectivity index is 1.06. The lowest BCUT2D eigenvalue weighted by Crippen LogP contribution is -2.56. The molecule has 2 aromatic carbocycles. The Hall–Kier alpha value is -3.73. The van der Waals surface area contributed by atoms with E-state index in [-0.39, 0.29) is 23.8 Å². The number of nitrogens with zero attached hydrogens (tertiary/aromatic N) is 3. The normalized spacial score (nSPS) is 29.2. The number of likely N-dealkylation sites (N-methyl/N-ethyl adjacent to an activating group) is 1. The third kappa shape index (κ3) is 6.43. The summed E-state index contributed by atoms with van der Waals surface area (Å²) in [5.74, 6) is -0.713. The van der Waals surface area contributed by atoms with Crippen LogP contribution in [0.15, 0.2) is 66.7 Å². The highest BCUT2D eigenvalue weighted by Gasteiger charge is 2.72. The summed E-state index contributed by atoms with van der Waals surface area (Å²) in [4.78, 5) is 49.0. The predicted molar refractivity (Wildman–Crippen MR) is 179 cm³/mol. The number of carbonyl (C=O) groups is 3. The molecule has 1 aliphatic carbocycles. The van der Waals surface area contributed by atoms with Crippen LogP contribution in [0.4, 0.5) is 5.69 Å². The van der Waals surface area contributed by atoms with Gasteiger partial charge in [-0.1, -0.05) is 56.5 Å². The number of nitrogens with one attached hydrogen (secondary N) is 2. The van der Waals surface area contributed by atoms with E-state index in [0.717, 1.165) is 77.1 Å². The molecule has 5 aliphatic rings. The number of hydrogen-bond donors (Lipinski definition) is 2. The van der Waals surface area contributed by atoms with Crippen LogP contribution in [0.25, 0.3) is 0 Å².